The molecule has 1 amide bonds. The zero-order valence-electron chi connectivity index (χ0n) is 13.0. The summed E-state index contributed by atoms with van der Waals surface area (Å²) in [4.78, 5) is 35.7. The minimum Gasteiger partial charge on any atom is -0.480 e. The third-order valence-electron chi connectivity index (χ3n) is 3.68. The van der Waals surface area contributed by atoms with Gasteiger partial charge in [-0.25, -0.2) is 0 Å². The molecular formula is C15H15N3O6. The van der Waals surface area contributed by atoms with E-state index in [2.05, 4.69) is 10.4 Å². The Morgan fingerprint density at radius 3 is 2.67 bits per heavy atom. The molecule has 2 aromatic rings. The fourth-order valence-electron chi connectivity index (χ4n) is 2.39. The highest BCUT2D eigenvalue weighted by molar-refractivity contribution is 5.97. The van der Waals surface area contributed by atoms with Crippen LogP contribution in [-0.4, -0.2) is 39.6 Å². The molecule has 0 bridgehead atoms. The molecule has 0 saturated heterocycles. The molecule has 1 aromatic carbocycles. The van der Waals surface area contributed by atoms with Gasteiger partial charge in [0.05, 0.1) is 10.9 Å². The average molecular weight is 333 g/mol. The Bertz CT molecular complexity index is 904. The molecule has 2 N–H and O–H groups in total. The highest BCUT2D eigenvalue weighted by Crippen LogP contribution is 2.34. The van der Waals surface area contributed by atoms with Crippen molar-refractivity contribution in [3.05, 3.63) is 28.0 Å². The monoisotopic (exact) mass is 333 g/mol. The van der Waals surface area contributed by atoms with Crippen molar-refractivity contribution in [1.82, 2.24) is 15.1 Å². The topological polar surface area (TPSA) is 120 Å². The van der Waals surface area contributed by atoms with Crippen molar-refractivity contribution < 1.29 is 24.2 Å². The van der Waals surface area contributed by atoms with Crippen molar-refractivity contribution >= 4 is 22.8 Å². The number of carboxylic acid groups (broad SMARTS) is 1. The summed E-state index contributed by atoms with van der Waals surface area (Å²) in [5.41, 5.74) is -0.450. The largest absolute Gasteiger partial charge is 0.480 e. The number of carboxylic acids is 1. The first-order valence-electron chi connectivity index (χ1n) is 7.30. The van der Waals surface area contributed by atoms with Crippen LogP contribution < -0.4 is 20.2 Å². The summed E-state index contributed by atoms with van der Waals surface area (Å²) in [7, 11) is 0. The third kappa shape index (κ3) is 2.53. The van der Waals surface area contributed by atoms with E-state index >= 15 is 0 Å². The van der Waals surface area contributed by atoms with Crippen LogP contribution in [0.25, 0.3) is 10.9 Å². The van der Waals surface area contributed by atoms with Crippen LogP contribution in [0.2, 0.25) is 0 Å². The lowest BCUT2D eigenvalue weighted by Gasteiger charge is -2.12. The Morgan fingerprint density at radius 1 is 1.38 bits per heavy atom. The lowest BCUT2D eigenvalue weighted by Crippen LogP contribution is -2.41. The maximum absolute atomic E-state index is 12.6. The van der Waals surface area contributed by atoms with Crippen molar-refractivity contribution in [2.24, 2.45) is 0 Å². The standard InChI is InChI=1S/C15H15N3O6/c1-3-18-9-5-11-10(23-6-24-11)4-8(9)13(19)12(17-18)14(20)16-7(2)15(21)22/h4-5,7H,3,6H2,1-2H3,(H,16,20)(H,21,22)/t7-/m0/s1. The van der Waals surface area contributed by atoms with Gasteiger partial charge in [0.1, 0.15) is 6.04 Å². The van der Waals surface area contributed by atoms with E-state index in [-0.39, 0.29) is 17.9 Å². The van der Waals surface area contributed by atoms with Crippen LogP contribution in [0, 0.1) is 0 Å². The SMILES string of the molecule is CCn1nc(C(=O)N[C@@H](C)C(=O)O)c(=O)c2cc3c(cc21)OCO3. The predicted octanol–water partition coefficient (Wildman–Crippen LogP) is 0.348. The first-order chi connectivity index (χ1) is 11.4. The first-order valence-corrected chi connectivity index (χ1v) is 7.30. The zero-order chi connectivity index (χ0) is 17.4. The zero-order valence-corrected chi connectivity index (χ0v) is 13.0. The van der Waals surface area contributed by atoms with Crippen molar-refractivity contribution in [1.29, 1.82) is 0 Å². The van der Waals surface area contributed by atoms with E-state index in [9.17, 15) is 14.4 Å². The molecule has 9 heteroatoms. The van der Waals surface area contributed by atoms with Crippen LogP contribution in [0.1, 0.15) is 24.3 Å². The van der Waals surface area contributed by atoms with E-state index in [1.165, 1.54) is 17.7 Å². The van der Waals surface area contributed by atoms with Gasteiger partial charge in [0, 0.05) is 12.6 Å². The summed E-state index contributed by atoms with van der Waals surface area (Å²) in [5.74, 6) is -1.12. The lowest BCUT2D eigenvalue weighted by molar-refractivity contribution is -0.138. The molecule has 1 aromatic heterocycles. The number of hydrogen-bond donors (Lipinski definition) is 2. The average Bonchev–Trinajstić information content (AvgIpc) is 3.01. The number of aromatic nitrogens is 2. The van der Waals surface area contributed by atoms with Gasteiger partial charge in [-0.2, -0.15) is 5.10 Å². The smallest absolute Gasteiger partial charge is 0.325 e. The molecule has 126 valence electrons. The summed E-state index contributed by atoms with van der Waals surface area (Å²) >= 11 is 0. The number of nitrogens with zero attached hydrogens (tertiary/aromatic N) is 2. The highest BCUT2D eigenvalue weighted by Gasteiger charge is 2.23. The van der Waals surface area contributed by atoms with E-state index in [0.29, 0.717) is 23.6 Å². The fourth-order valence-corrected chi connectivity index (χ4v) is 2.39. The van der Waals surface area contributed by atoms with E-state index < -0.39 is 23.3 Å². The second-order valence-corrected chi connectivity index (χ2v) is 5.25. The van der Waals surface area contributed by atoms with Crippen molar-refractivity contribution in [3.8, 4) is 11.5 Å². The number of carbonyl (C=O) groups is 2. The van der Waals surface area contributed by atoms with E-state index in [1.807, 2.05) is 6.92 Å². The van der Waals surface area contributed by atoms with Gasteiger partial charge in [-0.1, -0.05) is 0 Å². The van der Waals surface area contributed by atoms with Gasteiger partial charge in [0.15, 0.2) is 17.2 Å². The van der Waals surface area contributed by atoms with Crippen LogP contribution >= 0.6 is 0 Å². The summed E-state index contributed by atoms with van der Waals surface area (Å²) in [6.45, 7) is 3.58. The Balaban J connectivity index is 2.14. The fraction of sp³-hybridized carbons (Fsp3) is 0.333. The Labute approximate surface area is 135 Å². The minimum atomic E-state index is -1.21. The summed E-state index contributed by atoms with van der Waals surface area (Å²) in [6, 6.07) is 2.00. The molecule has 1 atom stereocenters. The second kappa shape index (κ2) is 5.84. The van der Waals surface area contributed by atoms with Crippen LogP contribution in [0.15, 0.2) is 16.9 Å². The van der Waals surface area contributed by atoms with Gasteiger partial charge in [-0.3, -0.25) is 19.1 Å². The molecule has 0 fully saturated rings. The second-order valence-electron chi connectivity index (χ2n) is 5.25. The van der Waals surface area contributed by atoms with Crippen molar-refractivity contribution in [2.45, 2.75) is 26.4 Å². The van der Waals surface area contributed by atoms with Crippen LogP contribution in [0.4, 0.5) is 0 Å². The summed E-state index contributed by atoms with van der Waals surface area (Å²) < 4.78 is 12.0. The van der Waals surface area contributed by atoms with E-state index in [1.54, 1.807) is 6.07 Å². The van der Waals surface area contributed by atoms with Gasteiger partial charge < -0.3 is 19.9 Å². The van der Waals surface area contributed by atoms with Gasteiger partial charge >= 0.3 is 5.97 Å². The van der Waals surface area contributed by atoms with Crippen LogP contribution in [0.3, 0.4) is 0 Å². The molecule has 0 unspecified atom stereocenters. The molecule has 24 heavy (non-hydrogen) atoms. The van der Waals surface area contributed by atoms with Crippen molar-refractivity contribution in [3.63, 3.8) is 0 Å². The lowest BCUT2D eigenvalue weighted by atomic mass is 10.1. The Kier molecular flexibility index (Phi) is 3.84. The maximum atomic E-state index is 12.6. The molecule has 9 nitrogen and oxygen atoms in total. The molecule has 0 aliphatic carbocycles. The number of aliphatic carboxylic acids is 1. The maximum Gasteiger partial charge on any atom is 0.325 e. The first kappa shape index (κ1) is 15.8. The number of ether oxygens (including phenoxy) is 2. The molecule has 1 aliphatic heterocycles. The van der Waals surface area contributed by atoms with Crippen molar-refractivity contribution in [2.75, 3.05) is 6.79 Å². The van der Waals surface area contributed by atoms with E-state index in [0.717, 1.165) is 0 Å². The van der Waals surface area contributed by atoms with Crippen LogP contribution in [-0.2, 0) is 11.3 Å². The Morgan fingerprint density at radius 2 is 2.04 bits per heavy atom. The number of carbonyl (C=O) groups excluding carboxylic acids is 1. The van der Waals surface area contributed by atoms with Crippen LogP contribution in [0.5, 0.6) is 11.5 Å². The number of nitrogens with one attached hydrogen (secondary N) is 1. The quantitative estimate of drug-likeness (QED) is 0.828. The molecule has 0 radical (unpaired) electrons. The normalized spacial score (nSPS) is 13.8. The number of benzene rings is 1. The summed E-state index contributed by atoms with van der Waals surface area (Å²) in [6.07, 6.45) is 0. The number of hydrogen-bond acceptors (Lipinski definition) is 6. The highest BCUT2D eigenvalue weighted by atomic mass is 16.7. The molecule has 3 rings (SSSR count). The van der Waals surface area contributed by atoms with Gasteiger partial charge in [0.25, 0.3) is 5.91 Å². The Hall–Kier alpha value is -3.10. The number of rotatable bonds is 4. The molecule has 2 heterocycles. The predicted molar refractivity (Wildman–Crippen MR) is 82.4 cm³/mol. The number of fused-ring (bicyclic) bond motifs is 2. The number of aryl methyl sites for hydroxylation is 1. The van der Waals surface area contributed by atoms with Gasteiger partial charge in [-0.05, 0) is 19.9 Å². The third-order valence-corrected chi connectivity index (χ3v) is 3.68. The molecule has 0 spiro atoms. The van der Waals surface area contributed by atoms with E-state index in [4.69, 9.17) is 14.6 Å². The molecule has 0 saturated carbocycles. The van der Waals surface area contributed by atoms with Gasteiger partial charge in [0.2, 0.25) is 12.2 Å². The molecular weight excluding hydrogens is 318 g/mol. The number of amides is 1. The van der Waals surface area contributed by atoms with Gasteiger partial charge in [-0.15, -0.1) is 0 Å². The molecule has 1 aliphatic rings. The summed E-state index contributed by atoms with van der Waals surface area (Å²) in [5, 5.41) is 15.4. The minimum absolute atomic E-state index is 0.0584.